The first-order valence-electron chi connectivity index (χ1n) is 9.77. The number of anilines is 1. The molecule has 3 aromatic rings. The molecule has 1 N–H and O–H groups in total. The summed E-state index contributed by atoms with van der Waals surface area (Å²) in [6, 6.07) is 16.7. The van der Waals surface area contributed by atoms with E-state index in [0.29, 0.717) is 17.3 Å². The van der Waals surface area contributed by atoms with Crippen molar-refractivity contribution in [1.29, 1.82) is 0 Å². The van der Waals surface area contributed by atoms with Crippen molar-refractivity contribution in [3.8, 4) is 0 Å². The van der Waals surface area contributed by atoms with Crippen LogP contribution in [0.4, 0.5) is 5.69 Å². The van der Waals surface area contributed by atoms with E-state index >= 15 is 0 Å². The van der Waals surface area contributed by atoms with E-state index in [-0.39, 0.29) is 18.4 Å². The molecular weight excluding hydrogens is 400 g/mol. The number of benzene rings is 2. The molecule has 1 aromatic heterocycles. The molecule has 1 aliphatic rings. The van der Waals surface area contributed by atoms with Crippen LogP contribution in [0.15, 0.2) is 54.6 Å². The maximum atomic E-state index is 13.5. The molecule has 0 spiro atoms. The second-order valence-corrected chi connectivity index (χ2v) is 8.28. The molecule has 2 amide bonds. The monoisotopic (exact) mass is 422 g/mol. The summed E-state index contributed by atoms with van der Waals surface area (Å²) in [7, 11) is 0. The maximum absolute atomic E-state index is 13.5. The van der Waals surface area contributed by atoms with E-state index in [0.717, 1.165) is 22.5 Å². The second kappa shape index (κ2) is 7.61. The lowest BCUT2D eigenvalue weighted by molar-refractivity contribution is -0.126. The summed E-state index contributed by atoms with van der Waals surface area (Å²) in [5, 5.41) is 8.06. The first kappa shape index (κ1) is 20.2. The summed E-state index contributed by atoms with van der Waals surface area (Å²) in [4.78, 5) is 28.5. The Labute approximate surface area is 180 Å². The van der Waals surface area contributed by atoms with Crippen molar-refractivity contribution in [2.24, 2.45) is 0 Å². The molecule has 0 aliphatic carbocycles. The Morgan fingerprint density at radius 1 is 1.17 bits per heavy atom. The zero-order chi connectivity index (χ0) is 21.5. The standard InChI is InChI=1S/C23H23ClN4O2/c1-15-6-4-5-7-19(15)28-21(29)20-12-16(2)26-27(20)14-23(28,3)22(30)25-13-17-8-10-18(24)11-9-17/h4-12H,13-14H2,1-3H3,(H,25,30)/t23-/m1/s1. The number of carbonyl (C=O) groups is 2. The van der Waals surface area contributed by atoms with Gasteiger partial charge in [-0.05, 0) is 56.2 Å². The van der Waals surface area contributed by atoms with Crippen molar-refractivity contribution < 1.29 is 9.59 Å². The van der Waals surface area contributed by atoms with Crippen molar-refractivity contribution in [2.75, 3.05) is 4.90 Å². The Balaban J connectivity index is 1.71. The molecule has 1 atom stereocenters. The van der Waals surface area contributed by atoms with Gasteiger partial charge in [-0.25, -0.2) is 0 Å². The Bertz CT molecular complexity index is 1120. The lowest BCUT2D eigenvalue weighted by Crippen LogP contribution is -2.64. The van der Waals surface area contributed by atoms with Gasteiger partial charge in [-0.1, -0.05) is 41.9 Å². The fraction of sp³-hybridized carbons (Fsp3) is 0.261. The van der Waals surface area contributed by atoms with E-state index in [1.165, 1.54) is 0 Å². The third kappa shape index (κ3) is 3.48. The van der Waals surface area contributed by atoms with Crippen LogP contribution < -0.4 is 10.2 Å². The molecule has 7 heteroatoms. The van der Waals surface area contributed by atoms with Crippen LogP contribution >= 0.6 is 11.6 Å². The number of carbonyl (C=O) groups excluding carboxylic acids is 2. The Morgan fingerprint density at radius 3 is 2.57 bits per heavy atom. The third-order valence-electron chi connectivity index (χ3n) is 5.49. The van der Waals surface area contributed by atoms with E-state index in [2.05, 4.69) is 10.4 Å². The summed E-state index contributed by atoms with van der Waals surface area (Å²) in [5.74, 6) is -0.479. The highest BCUT2D eigenvalue weighted by molar-refractivity contribution is 6.30. The van der Waals surface area contributed by atoms with Gasteiger partial charge in [0.05, 0.1) is 12.2 Å². The van der Waals surface area contributed by atoms with E-state index in [9.17, 15) is 9.59 Å². The zero-order valence-electron chi connectivity index (χ0n) is 17.1. The number of para-hydroxylation sites is 1. The molecule has 0 fully saturated rings. The lowest BCUT2D eigenvalue weighted by Gasteiger charge is -2.43. The van der Waals surface area contributed by atoms with Crippen LogP contribution in [0.25, 0.3) is 0 Å². The number of hydrogen-bond acceptors (Lipinski definition) is 3. The van der Waals surface area contributed by atoms with Crippen LogP contribution in [-0.4, -0.2) is 27.1 Å². The van der Waals surface area contributed by atoms with Crippen LogP contribution in [-0.2, 0) is 17.9 Å². The minimum Gasteiger partial charge on any atom is -0.350 e. The smallest absolute Gasteiger partial charge is 0.277 e. The molecule has 1 aliphatic heterocycles. The van der Waals surface area contributed by atoms with Crippen molar-refractivity contribution in [1.82, 2.24) is 15.1 Å². The van der Waals surface area contributed by atoms with Gasteiger partial charge in [-0.2, -0.15) is 5.10 Å². The van der Waals surface area contributed by atoms with Crippen molar-refractivity contribution in [3.63, 3.8) is 0 Å². The van der Waals surface area contributed by atoms with Crippen LogP contribution in [0.1, 0.15) is 34.2 Å². The Morgan fingerprint density at radius 2 is 1.87 bits per heavy atom. The molecule has 154 valence electrons. The third-order valence-corrected chi connectivity index (χ3v) is 5.74. The van der Waals surface area contributed by atoms with Gasteiger partial charge in [-0.15, -0.1) is 0 Å². The fourth-order valence-electron chi connectivity index (χ4n) is 3.88. The Hall–Kier alpha value is -3.12. The van der Waals surface area contributed by atoms with E-state index in [4.69, 9.17) is 11.6 Å². The number of rotatable bonds is 4. The van der Waals surface area contributed by atoms with Crippen molar-refractivity contribution in [2.45, 2.75) is 39.4 Å². The van der Waals surface area contributed by atoms with Gasteiger partial charge in [0.25, 0.3) is 5.91 Å². The van der Waals surface area contributed by atoms with Gasteiger partial charge in [0.15, 0.2) is 0 Å². The molecule has 2 heterocycles. The predicted molar refractivity (Wildman–Crippen MR) is 117 cm³/mol. The minimum absolute atomic E-state index is 0.236. The summed E-state index contributed by atoms with van der Waals surface area (Å²) in [5.41, 5.74) is 2.66. The minimum atomic E-state index is -1.14. The fourth-order valence-corrected chi connectivity index (χ4v) is 4.00. The summed E-state index contributed by atoms with van der Waals surface area (Å²) in [6.07, 6.45) is 0. The average Bonchev–Trinajstić information content (AvgIpc) is 3.09. The van der Waals surface area contributed by atoms with Gasteiger partial charge in [0.1, 0.15) is 11.2 Å². The van der Waals surface area contributed by atoms with Gasteiger partial charge < -0.3 is 5.32 Å². The highest BCUT2D eigenvalue weighted by Gasteiger charge is 2.49. The molecule has 4 rings (SSSR count). The summed E-state index contributed by atoms with van der Waals surface area (Å²) < 4.78 is 1.63. The first-order chi connectivity index (χ1) is 14.3. The van der Waals surface area contributed by atoms with Crippen LogP contribution in [0.2, 0.25) is 5.02 Å². The van der Waals surface area contributed by atoms with Gasteiger partial charge in [-0.3, -0.25) is 19.2 Å². The lowest BCUT2D eigenvalue weighted by atomic mass is 9.93. The van der Waals surface area contributed by atoms with Gasteiger partial charge in [0, 0.05) is 17.3 Å². The molecule has 0 radical (unpaired) electrons. The normalized spacial score (nSPS) is 18.3. The highest BCUT2D eigenvalue weighted by atomic mass is 35.5. The van der Waals surface area contributed by atoms with Crippen LogP contribution in [0.5, 0.6) is 0 Å². The maximum Gasteiger partial charge on any atom is 0.277 e. The molecule has 0 bridgehead atoms. The number of aromatic nitrogens is 2. The van der Waals surface area contributed by atoms with E-state index in [1.807, 2.05) is 50.2 Å². The molecule has 0 saturated heterocycles. The molecule has 2 aromatic carbocycles. The number of hydrogen-bond donors (Lipinski definition) is 1. The van der Waals surface area contributed by atoms with Gasteiger partial charge >= 0.3 is 0 Å². The largest absolute Gasteiger partial charge is 0.350 e. The van der Waals surface area contributed by atoms with Crippen LogP contribution in [0.3, 0.4) is 0 Å². The molecular formula is C23H23ClN4O2. The summed E-state index contributed by atoms with van der Waals surface area (Å²) >= 11 is 5.94. The highest BCUT2D eigenvalue weighted by Crippen LogP contribution is 2.34. The predicted octanol–water partition coefficient (Wildman–Crippen LogP) is 3.89. The molecule has 0 unspecified atom stereocenters. The zero-order valence-corrected chi connectivity index (χ0v) is 17.9. The number of aryl methyl sites for hydroxylation is 2. The molecule has 30 heavy (non-hydrogen) atoms. The topological polar surface area (TPSA) is 67.2 Å². The van der Waals surface area contributed by atoms with E-state index < -0.39 is 5.54 Å². The average molecular weight is 423 g/mol. The quantitative estimate of drug-likeness (QED) is 0.693. The van der Waals surface area contributed by atoms with Crippen molar-refractivity contribution in [3.05, 3.63) is 82.1 Å². The first-order valence-corrected chi connectivity index (χ1v) is 10.1. The number of nitrogens with zero attached hydrogens (tertiary/aromatic N) is 3. The SMILES string of the molecule is Cc1cc2n(n1)C[C@](C)(C(=O)NCc1ccc(Cl)cc1)N(c1ccccc1C)C2=O. The number of halogens is 1. The number of amides is 2. The number of fused-ring (bicyclic) bond motifs is 1. The number of nitrogens with one attached hydrogen (secondary N) is 1. The van der Waals surface area contributed by atoms with Crippen LogP contribution in [0, 0.1) is 13.8 Å². The van der Waals surface area contributed by atoms with Gasteiger partial charge in [0.2, 0.25) is 5.91 Å². The molecule has 6 nitrogen and oxygen atoms in total. The second-order valence-electron chi connectivity index (χ2n) is 7.84. The Kier molecular flexibility index (Phi) is 5.12. The molecule has 0 saturated carbocycles. The van der Waals surface area contributed by atoms with E-state index in [1.54, 1.807) is 34.7 Å². The summed E-state index contributed by atoms with van der Waals surface area (Å²) in [6.45, 7) is 6.17. The van der Waals surface area contributed by atoms with Crippen molar-refractivity contribution >= 4 is 29.1 Å².